The van der Waals surface area contributed by atoms with Crippen LogP contribution in [0.4, 0.5) is 17.6 Å². The molecule has 39 heavy (non-hydrogen) atoms. The monoisotopic (exact) mass is 582 g/mol. The van der Waals surface area contributed by atoms with Crippen molar-refractivity contribution in [3.8, 4) is 17.6 Å². The molecule has 0 aliphatic heterocycles. The lowest BCUT2D eigenvalue weighted by Gasteiger charge is -2.13. The molecule has 0 spiro atoms. The van der Waals surface area contributed by atoms with Crippen molar-refractivity contribution >= 4 is 46.0 Å². The summed E-state index contributed by atoms with van der Waals surface area (Å²) in [6, 6.07) is 16.5. The molecule has 1 aromatic heterocycles. The lowest BCUT2D eigenvalue weighted by atomic mass is 10.1. The lowest BCUT2D eigenvalue weighted by molar-refractivity contribution is -0.192. The highest BCUT2D eigenvalue weighted by molar-refractivity contribution is 6.32. The Labute approximate surface area is 228 Å². The molecule has 0 saturated carbocycles. The van der Waals surface area contributed by atoms with Gasteiger partial charge in [0.2, 0.25) is 0 Å². The number of carboxylic acids is 1. The molecule has 4 rings (SSSR count). The van der Waals surface area contributed by atoms with Gasteiger partial charge in [-0.3, -0.25) is 4.79 Å². The number of rotatable bonds is 5. The Morgan fingerprint density at radius 1 is 1.13 bits per heavy atom. The summed E-state index contributed by atoms with van der Waals surface area (Å²) in [6.45, 7) is 1.67. The summed E-state index contributed by atoms with van der Waals surface area (Å²) >= 11 is 12.1. The molecule has 0 saturated heterocycles. The summed E-state index contributed by atoms with van der Waals surface area (Å²) in [6.07, 6.45) is -5.08. The molecule has 4 aromatic rings. The number of halogens is 6. The third-order valence-electron chi connectivity index (χ3n) is 5.08. The van der Waals surface area contributed by atoms with E-state index in [1.165, 1.54) is 30.3 Å². The van der Waals surface area contributed by atoms with E-state index in [0.29, 0.717) is 11.1 Å². The quantitative estimate of drug-likeness (QED) is 0.237. The van der Waals surface area contributed by atoms with Crippen molar-refractivity contribution in [2.24, 2.45) is 0 Å². The highest BCUT2D eigenvalue weighted by Gasteiger charge is 2.38. The van der Waals surface area contributed by atoms with Crippen LogP contribution in [0, 0.1) is 24.1 Å². The van der Waals surface area contributed by atoms with Gasteiger partial charge < -0.3 is 19.6 Å². The number of carbonyl (C=O) groups is 2. The SMILES string of the molecule is Cc1c(C(=O)NCc2ccc(Cl)c(Oc3cc(Cl)cc(C#N)c3)c2F)oc2ccccc12.O=C(O)C(F)(F)F. The molecule has 0 radical (unpaired) electrons. The number of aliphatic carboxylic acids is 1. The maximum atomic E-state index is 15.1. The van der Waals surface area contributed by atoms with E-state index >= 15 is 4.39 Å². The van der Waals surface area contributed by atoms with Crippen molar-refractivity contribution < 1.29 is 41.4 Å². The zero-order valence-corrected chi connectivity index (χ0v) is 21.2. The molecule has 2 N–H and O–H groups in total. The van der Waals surface area contributed by atoms with E-state index in [2.05, 4.69) is 5.32 Å². The molecule has 0 aliphatic rings. The molecular formula is C26H16Cl2F4N2O5. The molecule has 0 aliphatic carbocycles. The Balaban J connectivity index is 0.000000532. The first-order valence-corrected chi connectivity index (χ1v) is 11.5. The van der Waals surface area contributed by atoms with E-state index < -0.39 is 23.9 Å². The Morgan fingerprint density at radius 3 is 2.41 bits per heavy atom. The van der Waals surface area contributed by atoms with Crippen molar-refractivity contribution in [1.29, 1.82) is 5.26 Å². The van der Waals surface area contributed by atoms with Crippen LogP contribution in [0.15, 0.2) is 59.0 Å². The smallest absolute Gasteiger partial charge is 0.475 e. The number of carbonyl (C=O) groups excluding carboxylic acids is 1. The zero-order chi connectivity index (χ0) is 28.9. The summed E-state index contributed by atoms with van der Waals surface area (Å²) in [5, 5.41) is 20.0. The fraction of sp³-hybridized carbons (Fsp3) is 0.115. The Bertz CT molecular complexity index is 1600. The molecule has 0 bridgehead atoms. The topological polar surface area (TPSA) is 113 Å². The number of ether oxygens (including phenoxy) is 1. The number of amides is 1. The number of hydrogen-bond acceptors (Lipinski definition) is 5. The number of fused-ring (bicyclic) bond motifs is 1. The lowest BCUT2D eigenvalue weighted by Crippen LogP contribution is -2.23. The Kier molecular flexibility index (Phi) is 9.06. The highest BCUT2D eigenvalue weighted by Crippen LogP contribution is 2.35. The van der Waals surface area contributed by atoms with Crippen LogP contribution >= 0.6 is 23.2 Å². The van der Waals surface area contributed by atoms with E-state index in [1.807, 2.05) is 24.3 Å². The van der Waals surface area contributed by atoms with Gasteiger partial charge in [-0.05, 0) is 37.3 Å². The average molecular weight is 583 g/mol. The third kappa shape index (κ3) is 7.19. The van der Waals surface area contributed by atoms with Gasteiger partial charge in [-0.15, -0.1) is 0 Å². The van der Waals surface area contributed by atoms with Gasteiger partial charge in [-0.25, -0.2) is 9.18 Å². The normalized spacial score (nSPS) is 10.8. The minimum atomic E-state index is -5.08. The first-order valence-electron chi connectivity index (χ1n) is 10.7. The van der Waals surface area contributed by atoms with Gasteiger partial charge in [-0.1, -0.05) is 47.5 Å². The standard InChI is InChI=1S/C24H15Cl2FN2O3.C2HF3O2/c1-13-18-4-2-3-5-20(18)32-22(13)24(30)29-12-15-6-7-19(26)23(21(15)27)31-17-9-14(11-28)8-16(25)10-17;3-2(4,5)1(6)7/h2-10H,12H2,1H3,(H,29,30);(H,6,7). The number of nitrogens with zero attached hydrogens (tertiary/aromatic N) is 1. The second kappa shape index (κ2) is 12.1. The Hall–Kier alpha value is -4.27. The van der Waals surface area contributed by atoms with E-state index in [-0.39, 0.29) is 45.0 Å². The van der Waals surface area contributed by atoms with Crippen LogP contribution < -0.4 is 10.1 Å². The zero-order valence-electron chi connectivity index (χ0n) is 19.7. The van der Waals surface area contributed by atoms with Gasteiger partial charge in [0.25, 0.3) is 5.91 Å². The summed E-state index contributed by atoms with van der Waals surface area (Å²) in [5.74, 6) is -3.87. The van der Waals surface area contributed by atoms with Crippen molar-refractivity contribution in [3.63, 3.8) is 0 Å². The van der Waals surface area contributed by atoms with Gasteiger partial charge in [-0.2, -0.15) is 18.4 Å². The number of hydrogen-bond donors (Lipinski definition) is 2. The molecule has 3 aromatic carbocycles. The fourth-order valence-corrected chi connectivity index (χ4v) is 3.66. The van der Waals surface area contributed by atoms with E-state index in [4.69, 9.17) is 47.5 Å². The van der Waals surface area contributed by atoms with Gasteiger partial charge in [0.05, 0.1) is 16.7 Å². The summed E-state index contributed by atoms with van der Waals surface area (Å²) < 4.78 is 58.1. The largest absolute Gasteiger partial charge is 0.490 e. The molecule has 7 nitrogen and oxygen atoms in total. The van der Waals surface area contributed by atoms with Gasteiger partial charge >= 0.3 is 12.1 Å². The number of nitriles is 1. The van der Waals surface area contributed by atoms with Crippen LogP contribution in [0.5, 0.6) is 11.5 Å². The van der Waals surface area contributed by atoms with Gasteiger partial charge in [0, 0.05) is 28.1 Å². The molecule has 0 unspecified atom stereocenters. The molecule has 13 heteroatoms. The average Bonchev–Trinajstić information content (AvgIpc) is 3.22. The second-order valence-electron chi connectivity index (χ2n) is 7.78. The van der Waals surface area contributed by atoms with Crippen LogP contribution in [0.2, 0.25) is 10.0 Å². The van der Waals surface area contributed by atoms with Crippen LogP contribution in [0.1, 0.15) is 27.2 Å². The maximum Gasteiger partial charge on any atom is 0.490 e. The number of carboxylic acid groups (broad SMARTS) is 1. The van der Waals surface area contributed by atoms with Crippen LogP contribution in [0.25, 0.3) is 11.0 Å². The van der Waals surface area contributed by atoms with Crippen LogP contribution in [-0.4, -0.2) is 23.2 Å². The van der Waals surface area contributed by atoms with E-state index in [9.17, 15) is 18.0 Å². The summed E-state index contributed by atoms with van der Waals surface area (Å²) in [5.41, 5.74) is 1.72. The third-order valence-corrected chi connectivity index (χ3v) is 5.60. The number of furan rings is 1. The first-order chi connectivity index (χ1) is 18.3. The number of benzene rings is 3. The van der Waals surface area contributed by atoms with E-state index in [0.717, 1.165) is 5.39 Å². The number of nitrogens with one attached hydrogen (secondary N) is 1. The maximum absolute atomic E-state index is 15.1. The van der Waals surface area contributed by atoms with E-state index in [1.54, 1.807) is 13.0 Å². The van der Waals surface area contributed by atoms with Crippen molar-refractivity contribution in [2.75, 3.05) is 0 Å². The predicted molar refractivity (Wildman–Crippen MR) is 133 cm³/mol. The summed E-state index contributed by atoms with van der Waals surface area (Å²) in [4.78, 5) is 21.5. The van der Waals surface area contributed by atoms with Crippen molar-refractivity contribution in [3.05, 3.63) is 92.9 Å². The molecule has 1 heterocycles. The molecule has 0 fully saturated rings. The Morgan fingerprint density at radius 2 is 1.79 bits per heavy atom. The molecule has 202 valence electrons. The second-order valence-corrected chi connectivity index (χ2v) is 8.62. The molecule has 1 amide bonds. The van der Waals surface area contributed by atoms with Crippen molar-refractivity contribution in [2.45, 2.75) is 19.6 Å². The number of alkyl halides is 3. The van der Waals surface area contributed by atoms with Crippen LogP contribution in [-0.2, 0) is 11.3 Å². The minimum Gasteiger partial charge on any atom is -0.475 e. The predicted octanol–water partition coefficient (Wildman–Crippen LogP) is 7.41. The minimum absolute atomic E-state index is 0.0317. The van der Waals surface area contributed by atoms with Crippen molar-refractivity contribution in [1.82, 2.24) is 5.32 Å². The fourth-order valence-electron chi connectivity index (χ4n) is 3.25. The first kappa shape index (κ1) is 29.3. The van der Waals surface area contributed by atoms with Gasteiger partial charge in [0.1, 0.15) is 11.3 Å². The van der Waals surface area contributed by atoms with Crippen LogP contribution in [0.3, 0.4) is 0 Å². The highest BCUT2D eigenvalue weighted by atomic mass is 35.5. The van der Waals surface area contributed by atoms with Gasteiger partial charge in [0.15, 0.2) is 17.3 Å². The molecular weight excluding hydrogens is 567 g/mol. The number of aryl methyl sites for hydroxylation is 1. The molecule has 0 atom stereocenters. The number of para-hydroxylation sites is 1. The summed E-state index contributed by atoms with van der Waals surface area (Å²) in [7, 11) is 0.